The van der Waals surface area contributed by atoms with Gasteiger partial charge in [-0.1, -0.05) is 38.5 Å². The first-order chi connectivity index (χ1) is 9.86. The molecule has 2 nitrogen and oxygen atoms in total. The minimum atomic E-state index is 0.489. The first-order valence-electron chi connectivity index (χ1n) is 8.32. The second-order valence-corrected chi connectivity index (χ2v) is 6.26. The summed E-state index contributed by atoms with van der Waals surface area (Å²) in [5.41, 5.74) is 1.38. The Morgan fingerprint density at radius 1 is 1.20 bits per heavy atom. The summed E-state index contributed by atoms with van der Waals surface area (Å²) in [7, 11) is 0. The third-order valence-corrected chi connectivity index (χ3v) is 5.00. The molecule has 20 heavy (non-hydrogen) atoms. The van der Waals surface area contributed by atoms with E-state index in [0.717, 1.165) is 43.1 Å². The number of nitrogens with one attached hydrogen (secondary N) is 1. The van der Waals surface area contributed by atoms with Gasteiger partial charge in [0, 0.05) is 11.6 Å². The first kappa shape index (κ1) is 13.9. The van der Waals surface area contributed by atoms with Gasteiger partial charge in [-0.3, -0.25) is 0 Å². The van der Waals surface area contributed by atoms with Gasteiger partial charge in [-0.15, -0.1) is 0 Å². The van der Waals surface area contributed by atoms with Crippen molar-refractivity contribution in [3.05, 3.63) is 29.8 Å². The topological polar surface area (TPSA) is 21.3 Å². The second kappa shape index (κ2) is 6.17. The summed E-state index contributed by atoms with van der Waals surface area (Å²) >= 11 is 0. The Kier molecular flexibility index (Phi) is 4.30. The standard InChI is InChI=1S/C18H27NO/c1-3-12-20-16-11-6-5-8-15(16)18(19-4-2)17-13-9-7-10-14(13)17/h5-6,8,11,13-14,17-19H,3-4,7,9-10,12H2,1-2H3. The summed E-state index contributed by atoms with van der Waals surface area (Å²) in [5.74, 6) is 3.87. The van der Waals surface area contributed by atoms with Gasteiger partial charge < -0.3 is 10.1 Å². The molecule has 0 aromatic heterocycles. The lowest BCUT2D eigenvalue weighted by Crippen LogP contribution is -2.25. The average Bonchev–Trinajstić information content (AvgIpc) is 2.94. The molecule has 2 aliphatic rings. The average molecular weight is 273 g/mol. The molecule has 2 saturated carbocycles. The Hall–Kier alpha value is -1.02. The Bertz CT molecular complexity index is 435. The van der Waals surface area contributed by atoms with Crippen LogP contribution in [0.25, 0.3) is 0 Å². The number of benzene rings is 1. The first-order valence-corrected chi connectivity index (χ1v) is 8.32. The van der Waals surface area contributed by atoms with Crippen LogP contribution in [-0.2, 0) is 0 Å². The zero-order chi connectivity index (χ0) is 13.9. The molecule has 0 radical (unpaired) electrons. The van der Waals surface area contributed by atoms with E-state index in [1.165, 1.54) is 24.8 Å². The lowest BCUT2D eigenvalue weighted by atomic mass is 9.96. The van der Waals surface area contributed by atoms with Crippen molar-refractivity contribution in [2.75, 3.05) is 13.2 Å². The van der Waals surface area contributed by atoms with Crippen LogP contribution in [0, 0.1) is 17.8 Å². The van der Waals surface area contributed by atoms with E-state index in [2.05, 4.69) is 43.4 Å². The van der Waals surface area contributed by atoms with Crippen LogP contribution in [0.5, 0.6) is 5.75 Å². The normalized spacial score (nSPS) is 29.0. The van der Waals surface area contributed by atoms with E-state index in [9.17, 15) is 0 Å². The molecule has 0 heterocycles. The van der Waals surface area contributed by atoms with Gasteiger partial charge in [0.15, 0.2) is 0 Å². The van der Waals surface area contributed by atoms with Crippen molar-refractivity contribution in [1.82, 2.24) is 5.32 Å². The minimum absolute atomic E-state index is 0.489. The predicted molar refractivity (Wildman–Crippen MR) is 83.0 cm³/mol. The Morgan fingerprint density at radius 3 is 2.65 bits per heavy atom. The molecule has 1 N–H and O–H groups in total. The summed E-state index contributed by atoms with van der Waals surface area (Å²) in [6, 6.07) is 9.12. The minimum Gasteiger partial charge on any atom is -0.493 e. The summed E-state index contributed by atoms with van der Waals surface area (Å²) in [6.07, 6.45) is 5.39. The molecule has 0 saturated heterocycles. The largest absolute Gasteiger partial charge is 0.493 e. The van der Waals surface area contributed by atoms with Gasteiger partial charge in [0.1, 0.15) is 5.75 Å². The van der Waals surface area contributed by atoms with Crippen LogP contribution in [0.1, 0.15) is 51.1 Å². The van der Waals surface area contributed by atoms with Crippen molar-refractivity contribution in [3.63, 3.8) is 0 Å². The Balaban J connectivity index is 1.80. The summed E-state index contributed by atoms with van der Waals surface area (Å²) in [6.45, 7) is 6.21. The number of rotatable bonds is 7. The van der Waals surface area contributed by atoms with E-state index < -0.39 is 0 Å². The summed E-state index contributed by atoms with van der Waals surface area (Å²) in [5, 5.41) is 3.73. The van der Waals surface area contributed by atoms with Gasteiger partial charge in [-0.2, -0.15) is 0 Å². The third-order valence-electron chi connectivity index (χ3n) is 5.00. The van der Waals surface area contributed by atoms with Gasteiger partial charge in [-0.25, -0.2) is 0 Å². The molecule has 3 rings (SSSR count). The van der Waals surface area contributed by atoms with Crippen LogP contribution in [0.15, 0.2) is 24.3 Å². The zero-order valence-electron chi connectivity index (χ0n) is 12.8. The number of ether oxygens (including phenoxy) is 1. The van der Waals surface area contributed by atoms with Gasteiger partial charge in [-0.05, 0) is 49.6 Å². The molecule has 2 fully saturated rings. The van der Waals surface area contributed by atoms with Crippen LogP contribution in [-0.4, -0.2) is 13.2 Å². The fourth-order valence-electron chi connectivity index (χ4n) is 4.13. The van der Waals surface area contributed by atoms with E-state index in [4.69, 9.17) is 4.74 Å². The van der Waals surface area contributed by atoms with Crippen molar-refractivity contribution in [1.29, 1.82) is 0 Å². The van der Waals surface area contributed by atoms with E-state index in [1.807, 2.05) is 0 Å². The number of hydrogen-bond donors (Lipinski definition) is 1. The molecule has 3 unspecified atom stereocenters. The molecular formula is C18H27NO. The van der Waals surface area contributed by atoms with Crippen molar-refractivity contribution in [2.24, 2.45) is 17.8 Å². The molecule has 2 aliphatic carbocycles. The van der Waals surface area contributed by atoms with E-state index in [-0.39, 0.29) is 0 Å². The molecule has 110 valence electrons. The lowest BCUT2D eigenvalue weighted by molar-refractivity contribution is 0.305. The molecule has 0 bridgehead atoms. The molecule has 0 aliphatic heterocycles. The van der Waals surface area contributed by atoms with Gasteiger partial charge in [0.2, 0.25) is 0 Å². The smallest absolute Gasteiger partial charge is 0.124 e. The van der Waals surface area contributed by atoms with Crippen LogP contribution in [0.2, 0.25) is 0 Å². The van der Waals surface area contributed by atoms with E-state index in [0.29, 0.717) is 6.04 Å². The molecule has 1 aromatic rings. The van der Waals surface area contributed by atoms with Crippen molar-refractivity contribution in [3.8, 4) is 5.75 Å². The van der Waals surface area contributed by atoms with Crippen LogP contribution in [0.4, 0.5) is 0 Å². The lowest BCUT2D eigenvalue weighted by Gasteiger charge is -2.23. The SMILES string of the molecule is CCCOc1ccccc1C(NCC)C1C2CCCC21. The molecule has 2 heteroatoms. The number of hydrogen-bond acceptors (Lipinski definition) is 2. The molecule has 1 aromatic carbocycles. The fraction of sp³-hybridized carbons (Fsp3) is 0.667. The highest BCUT2D eigenvalue weighted by Crippen LogP contribution is 2.62. The van der Waals surface area contributed by atoms with E-state index in [1.54, 1.807) is 0 Å². The fourth-order valence-corrected chi connectivity index (χ4v) is 4.13. The van der Waals surface area contributed by atoms with Gasteiger partial charge in [0.25, 0.3) is 0 Å². The van der Waals surface area contributed by atoms with Crippen molar-refractivity contribution >= 4 is 0 Å². The maximum Gasteiger partial charge on any atom is 0.124 e. The second-order valence-electron chi connectivity index (χ2n) is 6.26. The van der Waals surface area contributed by atoms with Crippen LogP contribution in [0.3, 0.4) is 0 Å². The number of para-hydroxylation sites is 1. The quantitative estimate of drug-likeness (QED) is 0.805. The summed E-state index contributed by atoms with van der Waals surface area (Å²) < 4.78 is 5.97. The Morgan fingerprint density at radius 2 is 1.95 bits per heavy atom. The molecule has 0 amide bonds. The molecular weight excluding hydrogens is 246 g/mol. The maximum atomic E-state index is 5.97. The van der Waals surface area contributed by atoms with Crippen LogP contribution >= 0.6 is 0 Å². The highest BCUT2D eigenvalue weighted by molar-refractivity contribution is 5.38. The third kappa shape index (κ3) is 2.58. The summed E-state index contributed by atoms with van der Waals surface area (Å²) in [4.78, 5) is 0. The molecule has 0 spiro atoms. The van der Waals surface area contributed by atoms with Gasteiger partial charge in [0.05, 0.1) is 6.61 Å². The monoisotopic (exact) mass is 273 g/mol. The zero-order valence-corrected chi connectivity index (χ0v) is 12.8. The highest BCUT2D eigenvalue weighted by atomic mass is 16.5. The maximum absolute atomic E-state index is 5.97. The van der Waals surface area contributed by atoms with Crippen LogP contribution < -0.4 is 10.1 Å². The number of fused-ring (bicyclic) bond motifs is 1. The highest BCUT2D eigenvalue weighted by Gasteiger charge is 2.56. The molecule has 3 atom stereocenters. The van der Waals surface area contributed by atoms with Gasteiger partial charge >= 0.3 is 0 Å². The predicted octanol–water partition coefficient (Wildman–Crippen LogP) is 4.17. The van der Waals surface area contributed by atoms with Crippen molar-refractivity contribution < 1.29 is 4.74 Å². The Labute approximate surface area is 122 Å². The van der Waals surface area contributed by atoms with E-state index >= 15 is 0 Å². The van der Waals surface area contributed by atoms with Crippen molar-refractivity contribution in [2.45, 2.75) is 45.6 Å².